The zero-order chi connectivity index (χ0) is 22.7. The van der Waals surface area contributed by atoms with Crippen molar-refractivity contribution in [3.63, 3.8) is 0 Å². The molecule has 0 unspecified atom stereocenters. The van der Waals surface area contributed by atoms with E-state index in [1.165, 1.54) is 4.31 Å². The first-order chi connectivity index (χ1) is 15.3. The highest BCUT2D eigenvalue weighted by molar-refractivity contribution is 7.92. The van der Waals surface area contributed by atoms with Crippen LogP contribution in [0.2, 0.25) is 5.02 Å². The van der Waals surface area contributed by atoms with Gasteiger partial charge in [0, 0.05) is 37.7 Å². The van der Waals surface area contributed by atoms with Crippen LogP contribution in [0, 0.1) is 0 Å². The Balaban J connectivity index is 1.37. The van der Waals surface area contributed by atoms with E-state index in [0.29, 0.717) is 29.5 Å². The number of hydrogen-bond donors (Lipinski definition) is 0. The number of fused-ring (bicyclic) bond motifs is 1. The third-order valence-corrected chi connectivity index (χ3v) is 7.01. The smallest absolute Gasteiger partial charge is 0.265 e. The topological polar surface area (TPSA) is 70.2 Å². The Labute approximate surface area is 193 Å². The number of carbonyl (C=O) groups excluding carboxylic acids is 1. The number of halogens is 1. The molecule has 2 aromatic carbocycles. The lowest BCUT2D eigenvalue weighted by molar-refractivity contribution is -0.140. The average molecular weight is 476 g/mol. The number of carbonyl (C=O) groups is 1. The monoisotopic (exact) mass is 475 g/mol. The summed E-state index contributed by atoms with van der Waals surface area (Å²) in [7, 11) is -3.59. The summed E-state index contributed by atoms with van der Waals surface area (Å²) < 4.78 is 31.8. The van der Waals surface area contributed by atoms with Crippen LogP contribution in [-0.4, -0.2) is 75.8 Å². The summed E-state index contributed by atoms with van der Waals surface area (Å²) in [5.74, 6) is 0.146. The summed E-state index contributed by atoms with van der Waals surface area (Å²) in [6, 6.07) is 14.9. The van der Waals surface area contributed by atoms with Gasteiger partial charge in [-0.3, -0.25) is 14.0 Å². The van der Waals surface area contributed by atoms with Gasteiger partial charge >= 0.3 is 0 Å². The first-order valence-corrected chi connectivity index (χ1v) is 12.7. The summed E-state index contributed by atoms with van der Waals surface area (Å²) in [4.78, 5) is 17.2. The summed E-state index contributed by atoms with van der Waals surface area (Å²) >= 11 is 6.04. The first-order valence-electron chi connectivity index (χ1n) is 10.5. The molecule has 170 valence electrons. The molecule has 2 aliphatic rings. The molecular weight excluding hydrogens is 450 g/mol. The molecule has 0 N–H and O–H groups in total. The number of piperazine rings is 1. The van der Waals surface area contributed by atoms with Crippen molar-refractivity contribution in [2.75, 3.05) is 49.8 Å². The van der Waals surface area contributed by atoms with Gasteiger partial charge in [-0.15, -0.1) is 0 Å². The maximum absolute atomic E-state index is 13.1. The van der Waals surface area contributed by atoms with Crippen LogP contribution in [0.1, 0.15) is 5.56 Å². The predicted octanol–water partition coefficient (Wildman–Crippen LogP) is 2.72. The fourth-order valence-corrected chi connectivity index (χ4v) is 5.00. The fourth-order valence-electron chi connectivity index (χ4n) is 3.92. The molecule has 0 radical (unpaired) electrons. The molecule has 2 heterocycles. The van der Waals surface area contributed by atoms with Crippen LogP contribution in [0.5, 0.6) is 5.75 Å². The fraction of sp³-hybridized carbons (Fsp3) is 0.348. The number of sulfonamides is 1. The Hall–Kier alpha value is -2.55. The van der Waals surface area contributed by atoms with Crippen LogP contribution in [0.4, 0.5) is 5.69 Å². The summed E-state index contributed by atoms with van der Waals surface area (Å²) in [6.45, 7) is 3.39. The molecule has 0 bridgehead atoms. The molecule has 0 spiro atoms. The third kappa shape index (κ3) is 5.26. The lowest BCUT2D eigenvalue weighted by atomic mass is 10.2. The van der Waals surface area contributed by atoms with Crippen LogP contribution < -0.4 is 9.04 Å². The Morgan fingerprint density at radius 1 is 1.12 bits per heavy atom. The van der Waals surface area contributed by atoms with Crippen molar-refractivity contribution in [3.05, 3.63) is 65.2 Å². The molecule has 2 aromatic rings. The number of anilines is 1. The Bertz CT molecular complexity index is 1100. The molecule has 0 aromatic heterocycles. The number of benzene rings is 2. The lowest BCUT2D eigenvalue weighted by Gasteiger charge is -2.39. The highest BCUT2D eigenvalue weighted by atomic mass is 35.5. The van der Waals surface area contributed by atoms with E-state index < -0.39 is 16.1 Å². The predicted molar refractivity (Wildman–Crippen MR) is 127 cm³/mol. The van der Waals surface area contributed by atoms with Gasteiger partial charge in [-0.1, -0.05) is 54.1 Å². The van der Waals surface area contributed by atoms with Crippen LogP contribution >= 0.6 is 11.6 Å². The van der Waals surface area contributed by atoms with Gasteiger partial charge in [0.25, 0.3) is 5.91 Å². The van der Waals surface area contributed by atoms with Crippen LogP contribution in [0.15, 0.2) is 54.6 Å². The summed E-state index contributed by atoms with van der Waals surface area (Å²) in [5.41, 5.74) is 1.52. The van der Waals surface area contributed by atoms with E-state index in [-0.39, 0.29) is 12.5 Å². The van der Waals surface area contributed by atoms with Crippen molar-refractivity contribution in [1.82, 2.24) is 9.80 Å². The minimum Gasteiger partial charge on any atom is -0.476 e. The first kappa shape index (κ1) is 22.6. The van der Waals surface area contributed by atoms with Crippen LogP contribution in [-0.2, 0) is 14.8 Å². The summed E-state index contributed by atoms with van der Waals surface area (Å²) in [5, 5.41) is 0.406. The van der Waals surface area contributed by atoms with E-state index >= 15 is 0 Å². The van der Waals surface area contributed by atoms with Crippen molar-refractivity contribution in [3.8, 4) is 5.75 Å². The second-order valence-corrected chi connectivity index (χ2v) is 10.3. The van der Waals surface area contributed by atoms with Gasteiger partial charge in [0.2, 0.25) is 10.0 Å². The molecule has 2 aliphatic heterocycles. The van der Waals surface area contributed by atoms with Gasteiger partial charge in [0.05, 0.1) is 18.5 Å². The van der Waals surface area contributed by atoms with Gasteiger partial charge < -0.3 is 9.64 Å². The molecular formula is C23H26ClN3O4S. The largest absolute Gasteiger partial charge is 0.476 e. The van der Waals surface area contributed by atoms with E-state index in [9.17, 15) is 13.2 Å². The van der Waals surface area contributed by atoms with Gasteiger partial charge in [0.1, 0.15) is 5.75 Å². The third-order valence-electron chi connectivity index (χ3n) is 5.62. The summed E-state index contributed by atoms with van der Waals surface area (Å²) in [6.07, 6.45) is 4.45. The normalized spacial score (nSPS) is 19.6. The molecule has 0 saturated carbocycles. The van der Waals surface area contributed by atoms with Crippen molar-refractivity contribution in [2.24, 2.45) is 0 Å². The van der Waals surface area contributed by atoms with Crippen LogP contribution in [0.3, 0.4) is 0 Å². The maximum atomic E-state index is 13.1. The second-order valence-electron chi connectivity index (χ2n) is 7.95. The minimum atomic E-state index is -3.59. The standard InChI is InChI=1S/C23H26ClN3O4S/c1-32(29,30)27-17-22(31-21-10-9-19(24)16-20(21)27)23(28)26-14-12-25(13-15-26)11-5-8-18-6-3-2-4-7-18/h2-10,16,22H,11-15,17H2,1H3/b8-5+/t22-/m1/s1. The van der Waals surface area contributed by atoms with Crippen molar-refractivity contribution >= 4 is 39.3 Å². The number of amides is 1. The number of nitrogens with zero attached hydrogens (tertiary/aromatic N) is 3. The average Bonchev–Trinajstić information content (AvgIpc) is 2.78. The van der Waals surface area contributed by atoms with Gasteiger partial charge in [-0.05, 0) is 23.8 Å². The molecule has 1 saturated heterocycles. The SMILES string of the molecule is CS(=O)(=O)N1C[C@H](C(=O)N2CCN(C/C=C/c3ccccc3)CC2)Oc2ccc(Cl)cc21. The van der Waals surface area contributed by atoms with E-state index in [1.54, 1.807) is 23.1 Å². The van der Waals surface area contributed by atoms with E-state index in [1.807, 2.05) is 18.2 Å². The van der Waals surface area contributed by atoms with Gasteiger partial charge in [-0.25, -0.2) is 8.42 Å². The molecule has 1 atom stereocenters. The molecule has 32 heavy (non-hydrogen) atoms. The molecule has 1 fully saturated rings. The Kier molecular flexibility index (Phi) is 6.74. The Morgan fingerprint density at radius 3 is 2.53 bits per heavy atom. The van der Waals surface area contributed by atoms with Gasteiger partial charge in [-0.2, -0.15) is 0 Å². The second kappa shape index (κ2) is 9.52. The molecule has 9 heteroatoms. The highest BCUT2D eigenvalue weighted by Crippen LogP contribution is 2.37. The molecule has 4 rings (SSSR count). The maximum Gasteiger partial charge on any atom is 0.265 e. The van der Waals surface area contributed by atoms with Crippen LogP contribution in [0.25, 0.3) is 6.08 Å². The zero-order valence-corrected chi connectivity index (χ0v) is 19.4. The van der Waals surface area contributed by atoms with Crippen molar-refractivity contribution in [2.45, 2.75) is 6.10 Å². The Morgan fingerprint density at radius 2 is 1.84 bits per heavy atom. The van der Waals surface area contributed by atoms with Crippen molar-refractivity contribution < 1.29 is 17.9 Å². The zero-order valence-electron chi connectivity index (χ0n) is 17.9. The highest BCUT2D eigenvalue weighted by Gasteiger charge is 2.37. The van der Waals surface area contributed by atoms with E-state index in [2.05, 4.69) is 29.2 Å². The quantitative estimate of drug-likeness (QED) is 0.665. The number of hydrogen-bond acceptors (Lipinski definition) is 5. The molecule has 7 nitrogen and oxygen atoms in total. The number of ether oxygens (including phenoxy) is 1. The van der Waals surface area contributed by atoms with Crippen molar-refractivity contribution in [1.29, 1.82) is 0 Å². The molecule has 0 aliphatic carbocycles. The van der Waals surface area contributed by atoms with E-state index in [4.69, 9.17) is 16.3 Å². The number of rotatable bonds is 5. The lowest BCUT2D eigenvalue weighted by Crippen LogP contribution is -2.56. The van der Waals surface area contributed by atoms with E-state index in [0.717, 1.165) is 31.5 Å². The van der Waals surface area contributed by atoms with Gasteiger partial charge in [0.15, 0.2) is 6.10 Å². The minimum absolute atomic E-state index is 0.0644. The molecule has 1 amide bonds.